The molecule has 1 aromatic carbocycles. The predicted octanol–water partition coefficient (Wildman–Crippen LogP) is 3.26. The Labute approximate surface area is 123 Å². The van der Waals surface area contributed by atoms with Crippen molar-refractivity contribution >= 4 is 22.6 Å². The topological polar surface area (TPSA) is 21.1 Å². The van der Waals surface area contributed by atoms with Crippen LogP contribution in [0.15, 0.2) is 18.2 Å². The van der Waals surface area contributed by atoms with Gasteiger partial charge in [-0.25, -0.2) is 9.37 Å². The third-order valence-electron chi connectivity index (χ3n) is 4.19. The first-order valence-electron chi connectivity index (χ1n) is 7.06. The standard InChI is InChI=1S/C15H19ClFN3/c1-19-6-4-11(5-7-19)10-20-14-8-12(17)2-3-13(14)18-15(20)9-16/h2-3,8,11H,4-7,9-10H2,1H3. The highest BCUT2D eigenvalue weighted by molar-refractivity contribution is 6.16. The summed E-state index contributed by atoms with van der Waals surface area (Å²) in [5.41, 5.74) is 1.69. The van der Waals surface area contributed by atoms with E-state index in [0.717, 1.165) is 36.5 Å². The summed E-state index contributed by atoms with van der Waals surface area (Å²) < 4.78 is 15.6. The molecular formula is C15H19ClFN3. The Morgan fingerprint density at radius 1 is 1.35 bits per heavy atom. The van der Waals surface area contributed by atoms with Gasteiger partial charge in [-0.15, -0.1) is 11.6 Å². The highest BCUT2D eigenvalue weighted by Crippen LogP contribution is 2.24. The number of alkyl halides is 1. The number of piperidine rings is 1. The number of nitrogens with zero attached hydrogens (tertiary/aromatic N) is 3. The van der Waals surface area contributed by atoms with Gasteiger partial charge in [-0.05, 0) is 57.1 Å². The van der Waals surface area contributed by atoms with E-state index in [4.69, 9.17) is 11.6 Å². The molecule has 0 atom stereocenters. The first-order chi connectivity index (χ1) is 9.67. The smallest absolute Gasteiger partial charge is 0.125 e. The van der Waals surface area contributed by atoms with Crippen LogP contribution in [0.4, 0.5) is 4.39 Å². The zero-order valence-corrected chi connectivity index (χ0v) is 12.4. The fourth-order valence-corrected chi connectivity index (χ4v) is 3.16. The summed E-state index contributed by atoms with van der Waals surface area (Å²) in [4.78, 5) is 6.86. The average Bonchev–Trinajstić information content (AvgIpc) is 2.79. The number of halogens is 2. The van der Waals surface area contributed by atoms with Gasteiger partial charge in [-0.1, -0.05) is 0 Å². The monoisotopic (exact) mass is 295 g/mol. The Morgan fingerprint density at radius 3 is 2.80 bits per heavy atom. The maximum absolute atomic E-state index is 13.5. The van der Waals surface area contributed by atoms with Gasteiger partial charge < -0.3 is 9.47 Å². The molecule has 0 amide bonds. The molecule has 3 rings (SSSR count). The fraction of sp³-hybridized carbons (Fsp3) is 0.533. The summed E-state index contributed by atoms with van der Waals surface area (Å²) in [6.07, 6.45) is 2.35. The molecule has 20 heavy (non-hydrogen) atoms. The molecule has 0 aliphatic carbocycles. The number of likely N-dealkylation sites (tertiary alicyclic amines) is 1. The first kappa shape index (κ1) is 13.8. The van der Waals surface area contributed by atoms with E-state index in [-0.39, 0.29) is 5.82 Å². The van der Waals surface area contributed by atoms with Crippen molar-refractivity contribution in [3.05, 3.63) is 29.8 Å². The molecule has 5 heteroatoms. The third kappa shape index (κ3) is 2.67. The Hall–Kier alpha value is -1.13. The number of rotatable bonds is 3. The quantitative estimate of drug-likeness (QED) is 0.811. The van der Waals surface area contributed by atoms with Crippen LogP contribution in [0.1, 0.15) is 18.7 Å². The van der Waals surface area contributed by atoms with E-state index in [1.807, 2.05) is 0 Å². The molecule has 0 bridgehead atoms. The number of aromatic nitrogens is 2. The summed E-state index contributed by atoms with van der Waals surface area (Å²) in [5.74, 6) is 1.60. The third-order valence-corrected chi connectivity index (χ3v) is 4.43. The van der Waals surface area contributed by atoms with Crippen molar-refractivity contribution < 1.29 is 4.39 Å². The largest absolute Gasteiger partial charge is 0.327 e. The molecule has 1 saturated heterocycles. The Balaban J connectivity index is 1.91. The second-order valence-corrected chi connectivity index (χ2v) is 5.92. The van der Waals surface area contributed by atoms with Crippen molar-refractivity contribution in [2.75, 3.05) is 20.1 Å². The van der Waals surface area contributed by atoms with Gasteiger partial charge >= 0.3 is 0 Å². The van der Waals surface area contributed by atoms with E-state index in [9.17, 15) is 4.39 Å². The van der Waals surface area contributed by atoms with Crippen LogP contribution in [-0.2, 0) is 12.4 Å². The number of hydrogen-bond acceptors (Lipinski definition) is 2. The minimum atomic E-state index is -0.219. The molecule has 1 aliphatic rings. The van der Waals surface area contributed by atoms with Crippen LogP contribution >= 0.6 is 11.6 Å². The van der Waals surface area contributed by atoms with E-state index in [1.165, 1.54) is 18.9 Å². The normalized spacial score (nSPS) is 17.9. The van der Waals surface area contributed by atoms with E-state index in [2.05, 4.69) is 21.5 Å². The molecule has 1 aliphatic heterocycles. The molecule has 1 aromatic heterocycles. The molecule has 0 N–H and O–H groups in total. The van der Waals surface area contributed by atoms with Crippen LogP contribution in [-0.4, -0.2) is 34.6 Å². The summed E-state index contributed by atoms with van der Waals surface area (Å²) >= 11 is 6.00. The van der Waals surface area contributed by atoms with Gasteiger partial charge in [0, 0.05) is 6.54 Å². The Morgan fingerprint density at radius 2 is 2.10 bits per heavy atom. The molecule has 1 fully saturated rings. The summed E-state index contributed by atoms with van der Waals surface area (Å²) in [7, 11) is 2.16. The summed E-state index contributed by atoms with van der Waals surface area (Å²) in [5, 5.41) is 0. The predicted molar refractivity (Wildman–Crippen MR) is 79.5 cm³/mol. The van der Waals surface area contributed by atoms with Crippen molar-refractivity contribution in [1.29, 1.82) is 0 Å². The van der Waals surface area contributed by atoms with E-state index < -0.39 is 0 Å². The first-order valence-corrected chi connectivity index (χ1v) is 7.60. The van der Waals surface area contributed by atoms with Crippen molar-refractivity contribution in [1.82, 2.24) is 14.5 Å². The second-order valence-electron chi connectivity index (χ2n) is 5.65. The maximum atomic E-state index is 13.5. The zero-order chi connectivity index (χ0) is 14.1. The van der Waals surface area contributed by atoms with Gasteiger partial charge in [0.1, 0.15) is 11.6 Å². The lowest BCUT2D eigenvalue weighted by atomic mass is 9.97. The number of fused-ring (bicyclic) bond motifs is 1. The summed E-state index contributed by atoms with van der Waals surface area (Å²) in [6, 6.07) is 4.74. The molecule has 0 saturated carbocycles. The van der Waals surface area contributed by atoms with Crippen LogP contribution in [0.3, 0.4) is 0 Å². The lowest BCUT2D eigenvalue weighted by Crippen LogP contribution is -2.32. The molecular weight excluding hydrogens is 277 g/mol. The Bertz CT molecular complexity index is 602. The van der Waals surface area contributed by atoms with Crippen LogP contribution in [0, 0.1) is 11.7 Å². The van der Waals surface area contributed by atoms with Gasteiger partial charge in [-0.2, -0.15) is 0 Å². The minimum absolute atomic E-state index is 0.219. The van der Waals surface area contributed by atoms with Crippen molar-refractivity contribution in [3.63, 3.8) is 0 Å². The van der Waals surface area contributed by atoms with Crippen LogP contribution < -0.4 is 0 Å². The zero-order valence-electron chi connectivity index (χ0n) is 11.6. The fourth-order valence-electron chi connectivity index (χ4n) is 2.95. The molecule has 3 nitrogen and oxygen atoms in total. The van der Waals surface area contributed by atoms with Gasteiger partial charge in [0.25, 0.3) is 0 Å². The lowest BCUT2D eigenvalue weighted by molar-refractivity contribution is 0.205. The molecule has 2 aromatic rings. The van der Waals surface area contributed by atoms with Gasteiger partial charge in [-0.3, -0.25) is 0 Å². The minimum Gasteiger partial charge on any atom is -0.327 e. The second kappa shape index (κ2) is 5.70. The van der Waals surface area contributed by atoms with Crippen molar-refractivity contribution in [3.8, 4) is 0 Å². The van der Waals surface area contributed by atoms with Gasteiger partial charge in [0.15, 0.2) is 0 Å². The number of benzene rings is 1. The lowest BCUT2D eigenvalue weighted by Gasteiger charge is -2.29. The average molecular weight is 296 g/mol. The highest BCUT2D eigenvalue weighted by atomic mass is 35.5. The number of hydrogen-bond donors (Lipinski definition) is 0. The highest BCUT2D eigenvalue weighted by Gasteiger charge is 2.20. The number of imidazole rings is 1. The van der Waals surface area contributed by atoms with E-state index >= 15 is 0 Å². The SMILES string of the molecule is CN1CCC(Cn2c(CCl)nc3ccc(F)cc32)CC1. The van der Waals surface area contributed by atoms with Crippen molar-refractivity contribution in [2.24, 2.45) is 5.92 Å². The van der Waals surface area contributed by atoms with E-state index in [0.29, 0.717) is 11.8 Å². The van der Waals surface area contributed by atoms with Gasteiger partial charge in [0.2, 0.25) is 0 Å². The molecule has 108 valence electrons. The Kier molecular flexibility index (Phi) is 3.94. The maximum Gasteiger partial charge on any atom is 0.125 e. The van der Waals surface area contributed by atoms with Crippen LogP contribution in [0.5, 0.6) is 0 Å². The van der Waals surface area contributed by atoms with Crippen molar-refractivity contribution in [2.45, 2.75) is 25.3 Å². The van der Waals surface area contributed by atoms with E-state index in [1.54, 1.807) is 12.1 Å². The van der Waals surface area contributed by atoms with Crippen LogP contribution in [0.2, 0.25) is 0 Å². The molecule has 2 heterocycles. The molecule has 0 unspecified atom stereocenters. The molecule has 0 radical (unpaired) electrons. The summed E-state index contributed by atoms with van der Waals surface area (Å²) in [6.45, 7) is 3.14. The van der Waals surface area contributed by atoms with Crippen LogP contribution in [0.25, 0.3) is 11.0 Å². The molecule has 0 spiro atoms. The van der Waals surface area contributed by atoms with Gasteiger partial charge in [0.05, 0.1) is 16.9 Å².